The minimum absolute atomic E-state index is 0.109. The van der Waals surface area contributed by atoms with Crippen molar-refractivity contribution in [3.63, 3.8) is 0 Å². The Hall–Kier alpha value is -0.950. The number of aromatic nitrogens is 2. The summed E-state index contributed by atoms with van der Waals surface area (Å²) >= 11 is 9.18. The van der Waals surface area contributed by atoms with Gasteiger partial charge in [0.05, 0.1) is 27.4 Å². The van der Waals surface area contributed by atoms with Gasteiger partial charge < -0.3 is 0 Å². The number of halogens is 3. The Kier molecular flexibility index (Phi) is 4.57. The first-order valence-electron chi connectivity index (χ1n) is 5.61. The van der Waals surface area contributed by atoms with E-state index in [2.05, 4.69) is 26.5 Å². The molecule has 102 valence electrons. The van der Waals surface area contributed by atoms with Gasteiger partial charge in [0, 0.05) is 7.05 Å². The number of hydrogen-bond acceptors (Lipinski definition) is 3. The van der Waals surface area contributed by atoms with Crippen LogP contribution >= 0.6 is 27.5 Å². The molecule has 0 fully saturated rings. The monoisotopic (exact) mass is 346 g/mol. The van der Waals surface area contributed by atoms with E-state index in [1.54, 1.807) is 30.1 Å². The van der Waals surface area contributed by atoms with Crippen molar-refractivity contribution in [2.75, 3.05) is 0 Å². The quantitative estimate of drug-likeness (QED) is 0.660. The molecule has 4 nitrogen and oxygen atoms in total. The van der Waals surface area contributed by atoms with Crippen molar-refractivity contribution in [1.29, 1.82) is 0 Å². The van der Waals surface area contributed by atoms with E-state index < -0.39 is 5.82 Å². The number of hydrazine groups is 1. The highest BCUT2D eigenvalue weighted by molar-refractivity contribution is 9.10. The number of nitrogens with two attached hydrogens (primary N) is 1. The van der Waals surface area contributed by atoms with E-state index in [0.29, 0.717) is 12.0 Å². The van der Waals surface area contributed by atoms with E-state index in [1.165, 1.54) is 6.07 Å². The number of rotatable bonds is 4. The number of nitrogens with zero attached hydrogens (tertiary/aromatic N) is 2. The van der Waals surface area contributed by atoms with E-state index in [-0.39, 0.29) is 11.1 Å². The van der Waals surface area contributed by atoms with Gasteiger partial charge in [-0.05, 0) is 34.0 Å². The highest BCUT2D eigenvalue weighted by Crippen LogP contribution is 2.27. The van der Waals surface area contributed by atoms with Gasteiger partial charge in [-0.1, -0.05) is 23.7 Å². The van der Waals surface area contributed by atoms with E-state index in [4.69, 9.17) is 17.4 Å². The molecule has 3 N–H and O–H groups in total. The van der Waals surface area contributed by atoms with Crippen LogP contribution in [0, 0.1) is 5.82 Å². The van der Waals surface area contributed by atoms with Gasteiger partial charge >= 0.3 is 0 Å². The first-order valence-corrected chi connectivity index (χ1v) is 6.78. The molecule has 0 saturated heterocycles. The van der Waals surface area contributed by atoms with Crippen LogP contribution in [0.15, 0.2) is 28.9 Å². The molecule has 0 bridgehead atoms. The predicted molar refractivity (Wildman–Crippen MR) is 76.1 cm³/mol. The molecule has 0 radical (unpaired) electrons. The Labute approximate surface area is 123 Å². The molecule has 7 heteroatoms. The smallest absolute Gasteiger partial charge is 0.145 e. The fourth-order valence-corrected chi connectivity index (χ4v) is 2.79. The third-order valence-electron chi connectivity index (χ3n) is 2.92. The molecule has 0 aliphatic rings. The van der Waals surface area contributed by atoms with Gasteiger partial charge in [-0.15, -0.1) is 0 Å². The summed E-state index contributed by atoms with van der Waals surface area (Å²) in [6, 6.07) is 4.66. The summed E-state index contributed by atoms with van der Waals surface area (Å²) in [5.41, 5.74) is 4.03. The topological polar surface area (TPSA) is 55.9 Å². The van der Waals surface area contributed by atoms with Crippen molar-refractivity contribution in [2.45, 2.75) is 12.5 Å². The Morgan fingerprint density at radius 2 is 2.32 bits per heavy atom. The summed E-state index contributed by atoms with van der Waals surface area (Å²) in [4.78, 5) is 0. The average Bonchev–Trinajstić information content (AvgIpc) is 2.72. The number of nitrogens with one attached hydrogen (secondary N) is 1. The van der Waals surface area contributed by atoms with Crippen molar-refractivity contribution in [3.05, 3.63) is 51.0 Å². The molecule has 19 heavy (non-hydrogen) atoms. The van der Waals surface area contributed by atoms with Crippen LogP contribution in [0.4, 0.5) is 4.39 Å². The Balaban J connectivity index is 2.32. The van der Waals surface area contributed by atoms with Crippen LogP contribution in [0.5, 0.6) is 0 Å². The first kappa shape index (κ1) is 14.5. The molecule has 0 aliphatic carbocycles. The fourth-order valence-electron chi connectivity index (χ4n) is 1.97. The molecule has 1 unspecified atom stereocenters. The Morgan fingerprint density at radius 1 is 1.58 bits per heavy atom. The van der Waals surface area contributed by atoms with Crippen molar-refractivity contribution >= 4 is 27.5 Å². The van der Waals surface area contributed by atoms with Crippen molar-refractivity contribution in [3.8, 4) is 0 Å². The van der Waals surface area contributed by atoms with Crippen molar-refractivity contribution in [2.24, 2.45) is 12.9 Å². The second kappa shape index (κ2) is 6.00. The number of benzene rings is 1. The second-order valence-corrected chi connectivity index (χ2v) is 5.40. The molecular formula is C12H13BrClFN4. The fraction of sp³-hybridized carbons (Fsp3) is 0.250. The summed E-state index contributed by atoms with van der Waals surface area (Å²) < 4.78 is 16.4. The van der Waals surface area contributed by atoms with Crippen LogP contribution in [0.3, 0.4) is 0 Å². The minimum Gasteiger partial charge on any atom is -0.271 e. The highest BCUT2D eigenvalue weighted by Gasteiger charge is 2.20. The van der Waals surface area contributed by atoms with Crippen LogP contribution in [-0.4, -0.2) is 9.78 Å². The van der Waals surface area contributed by atoms with E-state index >= 15 is 0 Å². The molecular weight excluding hydrogens is 335 g/mol. The zero-order chi connectivity index (χ0) is 14.0. The Bertz CT molecular complexity index is 568. The molecule has 1 aromatic carbocycles. The van der Waals surface area contributed by atoms with Crippen molar-refractivity contribution in [1.82, 2.24) is 15.2 Å². The van der Waals surface area contributed by atoms with Crippen molar-refractivity contribution < 1.29 is 4.39 Å². The molecule has 0 aliphatic heterocycles. The Morgan fingerprint density at radius 3 is 2.89 bits per heavy atom. The average molecular weight is 348 g/mol. The highest BCUT2D eigenvalue weighted by atomic mass is 79.9. The molecule has 2 aromatic rings. The minimum atomic E-state index is -0.414. The molecule has 2 rings (SSSR count). The first-order chi connectivity index (χ1) is 9.04. The van der Waals surface area contributed by atoms with Gasteiger partial charge in [-0.25, -0.2) is 4.39 Å². The van der Waals surface area contributed by atoms with Gasteiger partial charge in [0.2, 0.25) is 0 Å². The van der Waals surface area contributed by atoms with E-state index in [9.17, 15) is 4.39 Å². The van der Waals surface area contributed by atoms with E-state index in [1.807, 2.05) is 0 Å². The maximum Gasteiger partial charge on any atom is 0.145 e. The van der Waals surface area contributed by atoms with E-state index in [0.717, 1.165) is 10.2 Å². The lowest BCUT2D eigenvalue weighted by Gasteiger charge is -2.17. The van der Waals surface area contributed by atoms with Crippen LogP contribution in [0.1, 0.15) is 17.3 Å². The van der Waals surface area contributed by atoms with Crippen LogP contribution in [-0.2, 0) is 13.5 Å². The summed E-state index contributed by atoms with van der Waals surface area (Å²) in [7, 11) is 1.80. The van der Waals surface area contributed by atoms with Crippen LogP contribution in [0.2, 0.25) is 5.02 Å². The maximum atomic E-state index is 13.9. The third-order valence-corrected chi connectivity index (χ3v) is 3.83. The lowest BCUT2D eigenvalue weighted by molar-refractivity contribution is 0.494. The lowest BCUT2D eigenvalue weighted by Crippen LogP contribution is -2.31. The molecule has 1 heterocycles. The molecule has 0 spiro atoms. The molecule has 1 atom stereocenters. The predicted octanol–water partition coefficient (Wildman–Crippen LogP) is 2.72. The standard InChI is InChI=1S/C12H13BrClFN4/c1-19-12(8(13)6-17-19)10(18-16)5-7-3-2-4-9(14)11(7)15/h2-4,6,10,18H,5,16H2,1H3. The maximum absolute atomic E-state index is 13.9. The van der Waals surface area contributed by atoms with Gasteiger partial charge in [-0.3, -0.25) is 16.0 Å². The van der Waals surface area contributed by atoms with Crippen LogP contribution < -0.4 is 11.3 Å². The molecule has 0 saturated carbocycles. The summed E-state index contributed by atoms with van der Waals surface area (Å²) in [6.45, 7) is 0. The lowest BCUT2D eigenvalue weighted by atomic mass is 10.0. The third kappa shape index (κ3) is 2.97. The zero-order valence-corrected chi connectivity index (χ0v) is 12.5. The van der Waals surface area contributed by atoms with Gasteiger partial charge in [-0.2, -0.15) is 5.10 Å². The van der Waals surface area contributed by atoms with Gasteiger partial charge in [0.1, 0.15) is 5.82 Å². The summed E-state index contributed by atoms with van der Waals surface area (Å²) in [6.07, 6.45) is 2.05. The summed E-state index contributed by atoms with van der Waals surface area (Å²) in [5, 5.41) is 4.23. The normalized spacial score (nSPS) is 12.7. The van der Waals surface area contributed by atoms with Gasteiger partial charge in [0.25, 0.3) is 0 Å². The zero-order valence-electron chi connectivity index (χ0n) is 10.2. The number of aryl methyl sites for hydroxylation is 1. The number of hydrogen-bond donors (Lipinski definition) is 2. The second-order valence-electron chi connectivity index (χ2n) is 4.14. The molecule has 1 aromatic heterocycles. The largest absolute Gasteiger partial charge is 0.271 e. The summed E-state index contributed by atoms with van der Waals surface area (Å²) in [5.74, 6) is 5.16. The molecule has 0 amide bonds. The van der Waals surface area contributed by atoms with Crippen LogP contribution in [0.25, 0.3) is 0 Å². The van der Waals surface area contributed by atoms with Gasteiger partial charge in [0.15, 0.2) is 0 Å². The SMILES string of the molecule is Cn1ncc(Br)c1C(Cc1cccc(Cl)c1F)NN.